The second-order valence-electron chi connectivity index (χ2n) is 5.13. The first-order valence-electron chi connectivity index (χ1n) is 5.98. The Kier molecular flexibility index (Phi) is 7.54. The van der Waals surface area contributed by atoms with E-state index in [1.165, 1.54) is 13.8 Å². The molecule has 0 aliphatic carbocycles. The lowest BCUT2D eigenvalue weighted by Gasteiger charge is -2.18. The highest BCUT2D eigenvalue weighted by Crippen LogP contribution is 2.19. The lowest BCUT2D eigenvalue weighted by Crippen LogP contribution is -2.35. The fraction of sp³-hybridized carbons (Fsp3) is 0.833. The molecule has 0 spiro atoms. The largest absolute Gasteiger partial charge is 0.481 e. The topological polar surface area (TPSA) is 78.9 Å². The number of amides is 1. The summed E-state index contributed by atoms with van der Waals surface area (Å²) in [6, 6.07) is 0. The van der Waals surface area contributed by atoms with E-state index in [4.69, 9.17) is 9.84 Å². The van der Waals surface area contributed by atoms with E-state index in [0.717, 1.165) is 6.54 Å². The lowest BCUT2D eigenvalue weighted by molar-refractivity contribution is -0.149. The third-order valence-corrected chi connectivity index (χ3v) is 2.43. The predicted molar refractivity (Wildman–Crippen MR) is 68.4 cm³/mol. The van der Waals surface area contributed by atoms with Gasteiger partial charge in [0.2, 0.25) is 5.91 Å². The molecule has 0 bridgehead atoms. The van der Waals surface area contributed by atoms with Crippen molar-refractivity contribution in [2.75, 3.05) is 40.4 Å². The van der Waals surface area contributed by atoms with E-state index in [9.17, 15) is 9.59 Å². The number of carbonyl (C=O) groups excluding carboxylic acids is 1. The lowest BCUT2D eigenvalue weighted by atomic mass is 9.89. The Bertz CT molecular complexity index is 277. The Hall–Kier alpha value is -1.14. The van der Waals surface area contributed by atoms with Crippen LogP contribution in [0.15, 0.2) is 0 Å². The SMILES string of the molecule is CN(C)CCOCCNC(=O)CC(C)(C)C(=O)O. The molecule has 0 aliphatic rings. The number of hydrogen-bond donors (Lipinski definition) is 2. The molecule has 6 heteroatoms. The van der Waals surface area contributed by atoms with Gasteiger partial charge in [0.1, 0.15) is 0 Å². The number of nitrogens with zero attached hydrogens (tertiary/aromatic N) is 1. The van der Waals surface area contributed by atoms with Gasteiger partial charge in [0.05, 0.1) is 18.6 Å². The maximum Gasteiger partial charge on any atom is 0.309 e. The van der Waals surface area contributed by atoms with Gasteiger partial charge in [-0.1, -0.05) is 0 Å². The van der Waals surface area contributed by atoms with E-state index in [1.807, 2.05) is 19.0 Å². The summed E-state index contributed by atoms with van der Waals surface area (Å²) >= 11 is 0. The minimum Gasteiger partial charge on any atom is -0.481 e. The van der Waals surface area contributed by atoms with Crippen LogP contribution in [0.2, 0.25) is 0 Å². The average Bonchev–Trinajstić information content (AvgIpc) is 2.21. The Balaban J connectivity index is 3.63. The molecule has 106 valence electrons. The van der Waals surface area contributed by atoms with Crippen LogP contribution in [-0.4, -0.2) is 62.3 Å². The van der Waals surface area contributed by atoms with Crippen molar-refractivity contribution in [2.24, 2.45) is 5.41 Å². The number of hydrogen-bond acceptors (Lipinski definition) is 4. The van der Waals surface area contributed by atoms with E-state index in [1.54, 1.807) is 0 Å². The molecule has 0 atom stereocenters. The second-order valence-corrected chi connectivity index (χ2v) is 5.13. The van der Waals surface area contributed by atoms with Crippen LogP contribution >= 0.6 is 0 Å². The maximum absolute atomic E-state index is 11.5. The summed E-state index contributed by atoms with van der Waals surface area (Å²) in [5.74, 6) is -1.24. The van der Waals surface area contributed by atoms with Crippen LogP contribution in [0, 0.1) is 5.41 Å². The first-order valence-corrected chi connectivity index (χ1v) is 5.98. The summed E-state index contributed by atoms with van der Waals surface area (Å²) in [6.07, 6.45) is -0.0277. The third kappa shape index (κ3) is 8.03. The molecule has 2 N–H and O–H groups in total. The van der Waals surface area contributed by atoms with Crippen LogP contribution < -0.4 is 5.32 Å². The zero-order valence-corrected chi connectivity index (χ0v) is 11.7. The highest BCUT2D eigenvalue weighted by Gasteiger charge is 2.29. The number of carbonyl (C=O) groups is 2. The van der Waals surface area contributed by atoms with Crippen molar-refractivity contribution in [3.05, 3.63) is 0 Å². The van der Waals surface area contributed by atoms with Gasteiger partial charge >= 0.3 is 5.97 Å². The molecule has 0 saturated carbocycles. The second kappa shape index (κ2) is 8.05. The molecular weight excluding hydrogens is 236 g/mol. The van der Waals surface area contributed by atoms with E-state index in [0.29, 0.717) is 19.8 Å². The Morgan fingerprint density at radius 2 is 1.89 bits per heavy atom. The summed E-state index contributed by atoms with van der Waals surface area (Å²) < 4.78 is 5.30. The van der Waals surface area contributed by atoms with Crippen LogP contribution in [0.5, 0.6) is 0 Å². The third-order valence-electron chi connectivity index (χ3n) is 2.43. The van der Waals surface area contributed by atoms with Crippen molar-refractivity contribution in [3.8, 4) is 0 Å². The molecule has 0 unspecified atom stereocenters. The zero-order chi connectivity index (χ0) is 14.2. The van der Waals surface area contributed by atoms with Gasteiger partial charge in [-0.2, -0.15) is 0 Å². The summed E-state index contributed by atoms with van der Waals surface area (Å²) in [4.78, 5) is 24.3. The molecular formula is C12H24N2O4. The minimum atomic E-state index is -1.03. The molecule has 0 radical (unpaired) electrons. The van der Waals surface area contributed by atoms with Crippen molar-refractivity contribution < 1.29 is 19.4 Å². The van der Waals surface area contributed by atoms with Crippen molar-refractivity contribution in [1.29, 1.82) is 0 Å². The van der Waals surface area contributed by atoms with Gasteiger partial charge in [-0.3, -0.25) is 9.59 Å². The first-order chi connectivity index (χ1) is 8.25. The maximum atomic E-state index is 11.5. The number of rotatable bonds is 9. The molecule has 1 amide bonds. The highest BCUT2D eigenvalue weighted by molar-refractivity contribution is 5.84. The Morgan fingerprint density at radius 3 is 2.39 bits per heavy atom. The molecule has 0 aromatic carbocycles. The van der Waals surface area contributed by atoms with Gasteiger partial charge < -0.3 is 20.1 Å². The van der Waals surface area contributed by atoms with Crippen molar-refractivity contribution in [3.63, 3.8) is 0 Å². The number of carboxylic acids is 1. The fourth-order valence-electron chi connectivity index (χ4n) is 1.15. The van der Waals surface area contributed by atoms with Gasteiger partial charge in [-0.05, 0) is 27.9 Å². The normalized spacial score (nSPS) is 11.6. The van der Waals surface area contributed by atoms with Gasteiger partial charge in [0, 0.05) is 19.5 Å². The van der Waals surface area contributed by atoms with Gasteiger partial charge in [0.15, 0.2) is 0 Å². The van der Waals surface area contributed by atoms with Gasteiger partial charge in [-0.15, -0.1) is 0 Å². The van der Waals surface area contributed by atoms with Crippen molar-refractivity contribution in [2.45, 2.75) is 20.3 Å². The van der Waals surface area contributed by atoms with Crippen molar-refractivity contribution in [1.82, 2.24) is 10.2 Å². The van der Waals surface area contributed by atoms with E-state index in [2.05, 4.69) is 5.32 Å². The van der Waals surface area contributed by atoms with Crippen LogP contribution in [0.4, 0.5) is 0 Å². The number of nitrogens with one attached hydrogen (secondary N) is 1. The first kappa shape index (κ1) is 16.9. The molecule has 0 fully saturated rings. The number of likely N-dealkylation sites (N-methyl/N-ethyl adjacent to an activating group) is 1. The monoisotopic (exact) mass is 260 g/mol. The zero-order valence-electron chi connectivity index (χ0n) is 11.7. The average molecular weight is 260 g/mol. The van der Waals surface area contributed by atoms with E-state index < -0.39 is 11.4 Å². The number of aliphatic carboxylic acids is 1. The number of carboxylic acid groups (broad SMARTS) is 1. The summed E-state index contributed by atoms with van der Waals surface area (Å²) in [5.41, 5.74) is -1.03. The van der Waals surface area contributed by atoms with Gasteiger partial charge in [-0.25, -0.2) is 0 Å². The van der Waals surface area contributed by atoms with Crippen molar-refractivity contribution >= 4 is 11.9 Å². The predicted octanol–water partition coefficient (Wildman–Crippen LogP) is 0.182. The molecule has 0 aliphatic heterocycles. The molecule has 6 nitrogen and oxygen atoms in total. The minimum absolute atomic E-state index is 0.0277. The van der Waals surface area contributed by atoms with Crippen LogP contribution in [0.3, 0.4) is 0 Å². The molecule has 0 aromatic rings. The summed E-state index contributed by atoms with van der Waals surface area (Å²) in [6.45, 7) is 5.35. The smallest absolute Gasteiger partial charge is 0.309 e. The Morgan fingerprint density at radius 1 is 1.28 bits per heavy atom. The van der Waals surface area contributed by atoms with E-state index >= 15 is 0 Å². The van der Waals surface area contributed by atoms with Gasteiger partial charge in [0.25, 0.3) is 0 Å². The molecule has 0 rings (SSSR count). The standard InChI is InChI=1S/C12H24N2O4/c1-12(2,11(16)17)9-10(15)13-5-7-18-8-6-14(3)4/h5-9H2,1-4H3,(H,13,15)(H,16,17). The van der Waals surface area contributed by atoms with Crippen LogP contribution in [-0.2, 0) is 14.3 Å². The summed E-state index contributed by atoms with van der Waals surface area (Å²) in [7, 11) is 3.91. The highest BCUT2D eigenvalue weighted by atomic mass is 16.5. The van der Waals surface area contributed by atoms with Crippen LogP contribution in [0.1, 0.15) is 20.3 Å². The summed E-state index contributed by atoms with van der Waals surface area (Å²) in [5, 5.41) is 11.5. The molecule has 18 heavy (non-hydrogen) atoms. The van der Waals surface area contributed by atoms with E-state index in [-0.39, 0.29) is 12.3 Å². The molecule has 0 heterocycles. The molecule has 0 saturated heterocycles. The molecule has 0 aromatic heterocycles. The quantitative estimate of drug-likeness (QED) is 0.578. The fourth-order valence-corrected chi connectivity index (χ4v) is 1.15. The number of ether oxygens (including phenoxy) is 1. The van der Waals surface area contributed by atoms with Crippen LogP contribution in [0.25, 0.3) is 0 Å². The Labute approximate surface area is 108 Å².